The number of aromatic nitrogens is 1. The molecule has 0 amide bonds. The Balaban J connectivity index is 2.90. The summed E-state index contributed by atoms with van der Waals surface area (Å²) in [7, 11) is -4.14. The van der Waals surface area contributed by atoms with Gasteiger partial charge in [0, 0.05) is 12.1 Å². The van der Waals surface area contributed by atoms with Crippen molar-refractivity contribution < 1.29 is 17.5 Å². The van der Waals surface area contributed by atoms with Crippen molar-refractivity contribution in [1.29, 1.82) is 0 Å². The van der Waals surface area contributed by atoms with Gasteiger partial charge >= 0.3 is 10.3 Å². The molecule has 0 unspecified atom stereocenters. The first-order valence-corrected chi connectivity index (χ1v) is 4.68. The second kappa shape index (κ2) is 3.55. The molecule has 1 aromatic heterocycles. The lowest BCUT2D eigenvalue weighted by Crippen LogP contribution is -2.19. The van der Waals surface area contributed by atoms with E-state index < -0.39 is 15.2 Å². The monoisotopic (exact) mass is 219 g/mol. The first-order valence-electron chi connectivity index (χ1n) is 3.21. The van der Waals surface area contributed by atoms with Crippen LogP contribution in [0, 0.1) is 10.1 Å². The molecule has 0 spiro atoms. The van der Waals surface area contributed by atoms with E-state index in [1.807, 2.05) is 0 Å². The number of rotatable bonds is 3. The van der Waals surface area contributed by atoms with Gasteiger partial charge in [-0.2, -0.15) is 13.6 Å². The van der Waals surface area contributed by atoms with Gasteiger partial charge in [0.2, 0.25) is 5.88 Å². The van der Waals surface area contributed by atoms with Crippen LogP contribution in [0.25, 0.3) is 0 Å². The van der Waals surface area contributed by atoms with Gasteiger partial charge < -0.3 is 4.18 Å². The van der Waals surface area contributed by atoms with Gasteiger partial charge in [-0.25, -0.2) is 4.98 Å². The van der Waals surface area contributed by atoms with E-state index in [1.54, 1.807) is 0 Å². The molecule has 0 aliphatic heterocycles. The number of hydrogen-bond acceptors (Lipinski definition) is 6. The molecular weight excluding hydrogens is 214 g/mol. The third-order valence-electron chi connectivity index (χ3n) is 1.13. The molecule has 1 rings (SSSR count). The Labute approximate surface area is 78.7 Å². The maximum atomic E-state index is 10.4. The van der Waals surface area contributed by atoms with Crippen LogP contribution in [0.2, 0.25) is 0 Å². The van der Waals surface area contributed by atoms with Crippen molar-refractivity contribution in [3.05, 3.63) is 28.4 Å². The Hall–Kier alpha value is -1.74. The van der Waals surface area contributed by atoms with Gasteiger partial charge in [-0.1, -0.05) is 0 Å². The molecule has 1 aromatic rings. The van der Waals surface area contributed by atoms with Crippen LogP contribution in [0.4, 0.5) is 5.69 Å². The number of nitro groups is 1. The molecule has 1 heterocycles. The highest BCUT2D eigenvalue weighted by Crippen LogP contribution is 2.13. The van der Waals surface area contributed by atoms with Crippen molar-refractivity contribution in [2.24, 2.45) is 5.14 Å². The molecule has 76 valence electrons. The molecule has 0 aliphatic carbocycles. The molecular formula is C5H5N3O5S. The predicted octanol–water partition coefficient (Wildman–Crippen LogP) is -0.428. The highest BCUT2D eigenvalue weighted by molar-refractivity contribution is 7.84. The lowest BCUT2D eigenvalue weighted by atomic mass is 10.4. The Morgan fingerprint density at radius 3 is 2.50 bits per heavy atom. The van der Waals surface area contributed by atoms with Crippen molar-refractivity contribution in [2.45, 2.75) is 0 Å². The molecule has 0 atom stereocenters. The van der Waals surface area contributed by atoms with Crippen LogP contribution in [-0.2, 0) is 10.3 Å². The highest BCUT2D eigenvalue weighted by Gasteiger charge is 2.09. The van der Waals surface area contributed by atoms with Gasteiger partial charge in [0.1, 0.15) is 6.20 Å². The van der Waals surface area contributed by atoms with E-state index in [1.165, 1.54) is 0 Å². The third-order valence-corrected chi connectivity index (χ3v) is 1.54. The van der Waals surface area contributed by atoms with Crippen LogP contribution in [0.5, 0.6) is 5.88 Å². The SMILES string of the molecule is NS(=O)(=O)Oc1ccc([N+](=O)[O-])cn1. The molecule has 0 bridgehead atoms. The summed E-state index contributed by atoms with van der Waals surface area (Å²) in [5.41, 5.74) is -0.272. The van der Waals surface area contributed by atoms with Crippen LogP contribution in [0.1, 0.15) is 0 Å². The van der Waals surface area contributed by atoms with Gasteiger partial charge in [-0.05, 0) is 0 Å². The first-order chi connectivity index (χ1) is 6.38. The first kappa shape index (κ1) is 10.3. The van der Waals surface area contributed by atoms with E-state index in [-0.39, 0.29) is 11.6 Å². The summed E-state index contributed by atoms with van der Waals surface area (Å²) in [5.74, 6) is -0.321. The molecule has 8 nitrogen and oxygen atoms in total. The average Bonchev–Trinajstić information content (AvgIpc) is 2.02. The van der Waals surface area contributed by atoms with E-state index >= 15 is 0 Å². The molecule has 0 aliphatic rings. The minimum Gasteiger partial charge on any atom is -0.350 e. The zero-order valence-corrected chi connectivity index (χ0v) is 7.47. The van der Waals surface area contributed by atoms with E-state index in [0.29, 0.717) is 0 Å². The quantitative estimate of drug-likeness (QED) is 0.543. The largest absolute Gasteiger partial charge is 0.381 e. The number of nitrogens with two attached hydrogens (primary N) is 1. The molecule has 9 heteroatoms. The standard InChI is InChI=1S/C5H5N3O5S/c6-14(11,12)13-5-2-1-4(3-7-5)8(9)10/h1-3H,(H2,6,11,12). The van der Waals surface area contributed by atoms with Gasteiger partial charge in [0.25, 0.3) is 5.69 Å². The molecule has 14 heavy (non-hydrogen) atoms. The summed E-state index contributed by atoms with van der Waals surface area (Å²) in [6.07, 6.45) is 0.862. The van der Waals surface area contributed by atoms with Crippen molar-refractivity contribution in [3.63, 3.8) is 0 Å². The maximum absolute atomic E-state index is 10.4. The average molecular weight is 219 g/mol. The van der Waals surface area contributed by atoms with E-state index in [9.17, 15) is 18.5 Å². The summed E-state index contributed by atoms with van der Waals surface area (Å²) in [4.78, 5) is 12.9. The molecule has 0 saturated heterocycles. The second-order valence-electron chi connectivity index (χ2n) is 2.19. The number of pyridine rings is 1. The van der Waals surface area contributed by atoms with Gasteiger partial charge in [-0.15, -0.1) is 0 Å². The number of hydrogen-bond donors (Lipinski definition) is 1. The normalized spacial score (nSPS) is 10.9. The van der Waals surface area contributed by atoms with Crippen LogP contribution >= 0.6 is 0 Å². The number of nitrogens with zero attached hydrogens (tertiary/aromatic N) is 2. The lowest BCUT2D eigenvalue weighted by Gasteiger charge is -1.99. The lowest BCUT2D eigenvalue weighted by molar-refractivity contribution is -0.385. The van der Waals surface area contributed by atoms with Gasteiger partial charge in [-0.3, -0.25) is 10.1 Å². The molecule has 2 N–H and O–H groups in total. The minimum atomic E-state index is -4.14. The third kappa shape index (κ3) is 2.95. The van der Waals surface area contributed by atoms with E-state index in [2.05, 4.69) is 14.3 Å². The van der Waals surface area contributed by atoms with E-state index in [4.69, 9.17) is 0 Å². The van der Waals surface area contributed by atoms with Crippen LogP contribution in [0.15, 0.2) is 18.3 Å². The van der Waals surface area contributed by atoms with Gasteiger partial charge in [0.15, 0.2) is 0 Å². The summed E-state index contributed by atoms with van der Waals surface area (Å²) >= 11 is 0. The fraction of sp³-hybridized carbons (Fsp3) is 0. The minimum absolute atomic E-state index is 0.272. The van der Waals surface area contributed by atoms with Crippen molar-refractivity contribution in [2.75, 3.05) is 0 Å². The van der Waals surface area contributed by atoms with Crippen molar-refractivity contribution in [1.82, 2.24) is 4.98 Å². The molecule has 0 radical (unpaired) electrons. The Bertz CT molecular complexity index is 439. The second-order valence-corrected chi connectivity index (χ2v) is 3.34. The highest BCUT2D eigenvalue weighted by atomic mass is 32.2. The van der Waals surface area contributed by atoms with Crippen LogP contribution < -0.4 is 9.32 Å². The Morgan fingerprint density at radius 1 is 1.50 bits per heavy atom. The van der Waals surface area contributed by atoms with E-state index in [0.717, 1.165) is 18.3 Å². The van der Waals surface area contributed by atoms with Crippen LogP contribution in [0.3, 0.4) is 0 Å². The summed E-state index contributed by atoms with van der Waals surface area (Å²) in [6, 6.07) is 2.08. The topological polar surface area (TPSA) is 125 Å². The maximum Gasteiger partial charge on any atom is 0.381 e. The Kier molecular flexibility index (Phi) is 2.63. The summed E-state index contributed by atoms with van der Waals surface area (Å²) in [6.45, 7) is 0. The zero-order valence-electron chi connectivity index (χ0n) is 6.65. The smallest absolute Gasteiger partial charge is 0.350 e. The van der Waals surface area contributed by atoms with Gasteiger partial charge in [0.05, 0.1) is 4.92 Å². The fourth-order valence-electron chi connectivity index (χ4n) is 0.649. The molecule has 0 saturated carbocycles. The molecule has 0 fully saturated rings. The molecule has 0 aromatic carbocycles. The van der Waals surface area contributed by atoms with Crippen molar-refractivity contribution >= 4 is 16.0 Å². The van der Waals surface area contributed by atoms with Crippen LogP contribution in [-0.4, -0.2) is 18.3 Å². The van der Waals surface area contributed by atoms with Crippen molar-refractivity contribution in [3.8, 4) is 5.88 Å². The predicted molar refractivity (Wildman–Crippen MR) is 44.6 cm³/mol. The summed E-state index contributed by atoms with van der Waals surface area (Å²) < 4.78 is 25.0. The zero-order chi connectivity index (χ0) is 10.8. The summed E-state index contributed by atoms with van der Waals surface area (Å²) in [5, 5.41) is 14.7. The fourth-order valence-corrected chi connectivity index (χ4v) is 0.985. The Morgan fingerprint density at radius 2 is 2.14 bits per heavy atom.